The summed E-state index contributed by atoms with van der Waals surface area (Å²) in [6, 6.07) is 10.5. The van der Waals surface area contributed by atoms with E-state index >= 15 is 0 Å². The third kappa shape index (κ3) is 3.19. The molecular formula is C13H12ClNO2. The minimum atomic E-state index is -0.537. The fraction of sp³-hybridized carbons (Fsp3) is 0.154. The summed E-state index contributed by atoms with van der Waals surface area (Å²) in [5.41, 5.74) is 0.768. The summed E-state index contributed by atoms with van der Waals surface area (Å²) in [6.07, 6.45) is 1.07. The van der Waals surface area contributed by atoms with E-state index in [1.54, 1.807) is 49.5 Å². The molecule has 0 aliphatic heterocycles. The van der Waals surface area contributed by atoms with Gasteiger partial charge >= 0.3 is 0 Å². The van der Waals surface area contributed by atoms with Gasteiger partial charge in [0.15, 0.2) is 0 Å². The monoisotopic (exact) mass is 249 g/mol. The summed E-state index contributed by atoms with van der Waals surface area (Å²) >= 11 is 5.78. The Balaban J connectivity index is 2.18. The average molecular weight is 250 g/mol. The SMILES string of the molecule is CC(O)c1ccnc(Oc2ccc(Cl)cc2)c1. The lowest BCUT2D eigenvalue weighted by Gasteiger charge is -2.08. The van der Waals surface area contributed by atoms with E-state index < -0.39 is 6.10 Å². The minimum Gasteiger partial charge on any atom is -0.439 e. The Kier molecular flexibility index (Phi) is 3.61. The van der Waals surface area contributed by atoms with Gasteiger partial charge in [-0.25, -0.2) is 4.98 Å². The Labute approximate surface area is 105 Å². The maximum absolute atomic E-state index is 9.45. The lowest BCUT2D eigenvalue weighted by molar-refractivity contribution is 0.198. The van der Waals surface area contributed by atoms with Crippen molar-refractivity contribution in [3.8, 4) is 11.6 Å². The molecule has 1 N–H and O–H groups in total. The molecule has 1 aromatic carbocycles. The first-order valence-corrected chi connectivity index (χ1v) is 5.60. The molecule has 3 nitrogen and oxygen atoms in total. The molecule has 2 aromatic rings. The maximum Gasteiger partial charge on any atom is 0.219 e. The molecule has 88 valence electrons. The second-order valence-corrected chi connectivity index (χ2v) is 4.10. The lowest BCUT2D eigenvalue weighted by Crippen LogP contribution is -1.94. The standard InChI is InChI=1S/C13H12ClNO2/c1-9(16)10-6-7-15-13(8-10)17-12-4-2-11(14)3-5-12/h2-9,16H,1H3. The third-order valence-electron chi connectivity index (χ3n) is 2.28. The van der Waals surface area contributed by atoms with Crippen LogP contribution >= 0.6 is 11.6 Å². The summed E-state index contributed by atoms with van der Waals surface area (Å²) in [5.74, 6) is 1.11. The summed E-state index contributed by atoms with van der Waals surface area (Å²) in [6.45, 7) is 1.70. The van der Waals surface area contributed by atoms with Gasteiger partial charge < -0.3 is 9.84 Å². The molecular weight excluding hydrogens is 238 g/mol. The van der Waals surface area contributed by atoms with E-state index in [0.29, 0.717) is 16.7 Å². The molecule has 0 fully saturated rings. The Bertz CT molecular complexity index is 497. The van der Waals surface area contributed by atoms with Crippen LogP contribution in [0.2, 0.25) is 5.02 Å². The van der Waals surface area contributed by atoms with Gasteiger partial charge in [0.25, 0.3) is 0 Å². The molecule has 0 radical (unpaired) electrons. The fourth-order valence-electron chi connectivity index (χ4n) is 1.36. The van der Waals surface area contributed by atoms with Crippen LogP contribution in [0.3, 0.4) is 0 Å². The van der Waals surface area contributed by atoms with Crippen LogP contribution in [0.4, 0.5) is 0 Å². The molecule has 2 rings (SSSR count). The summed E-state index contributed by atoms with van der Waals surface area (Å²) in [5, 5.41) is 10.1. The molecule has 0 bridgehead atoms. The van der Waals surface area contributed by atoms with Crippen molar-refractivity contribution in [3.63, 3.8) is 0 Å². The van der Waals surface area contributed by atoms with E-state index in [9.17, 15) is 5.11 Å². The highest BCUT2D eigenvalue weighted by Gasteiger charge is 2.04. The number of hydrogen-bond acceptors (Lipinski definition) is 3. The highest BCUT2D eigenvalue weighted by molar-refractivity contribution is 6.30. The zero-order chi connectivity index (χ0) is 12.3. The molecule has 0 saturated carbocycles. The number of nitrogens with zero attached hydrogens (tertiary/aromatic N) is 1. The predicted octanol–water partition coefficient (Wildman–Crippen LogP) is 3.58. The van der Waals surface area contributed by atoms with Crippen molar-refractivity contribution in [2.45, 2.75) is 13.0 Å². The second kappa shape index (κ2) is 5.17. The van der Waals surface area contributed by atoms with Crippen LogP contribution in [-0.4, -0.2) is 10.1 Å². The van der Waals surface area contributed by atoms with Crippen LogP contribution < -0.4 is 4.74 Å². The normalized spacial score (nSPS) is 12.2. The molecule has 0 amide bonds. The van der Waals surface area contributed by atoms with Crippen LogP contribution in [0.1, 0.15) is 18.6 Å². The van der Waals surface area contributed by atoms with E-state index in [-0.39, 0.29) is 0 Å². The lowest BCUT2D eigenvalue weighted by atomic mass is 10.2. The van der Waals surface area contributed by atoms with Crippen molar-refractivity contribution in [3.05, 3.63) is 53.2 Å². The van der Waals surface area contributed by atoms with E-state index in [1.165, 1.54) is 0 Å². The zero-order valence-electron chi connectivity index (χ0n) is 9.30. The van der Waals surface area contributed by atoms with Crippen LogP contribution in [0.5, 0.6) is 11.6 Å². The minimum absolute atomic E-state index is 0.450. The van der Waals surface area contributed by atoms with Crippen molar-refractivity contribution < 1.29 is 9.84 Å². The second-order valence-electron chi connectivity index (χ2n) is 3.66. The van der Waals surface area contributed by atoms with E-state index in [0.717, 1.165) is 5.56 Å². The molecule has 1 atom stereocenters. The van der Waals surface area contributed by atoms with Gasteiger partial charge in [0.05, 0.1) is 6.10 Å². The first kappa shape index (κ1) is 11.9. The van der Waals surface area contributed by atoms with Gasteiger partial charge in [-0.2, -0.15) is 0 Å². The summed E-state index contributed by atoms with van der Waals surface area (Å²) < 4.78 is 5.54. The number of pyridine rings is 1. The number of rotatable bonds is 3. The quantitative estimate of drug-likeness (QED) is 0.904. The number of halogens is 1. The molecule has 0 spiro atoms. The van der Waals surface area contributed by atoms with Crippen LogP contribution in [0.15, 0.2) is 42.6 Å². The molecule has 1 heterocycles. The highest BCUT2D eigenvalue weighted by atomic mass is 35.5. The number of aromatic nitrogens is 1. The Morgan fingerprint density at radius 1 is 1.24 bits per heavy atom. The third-order valence-corrected chi connectivity index (χ3v) is 2.53. The van der Waals surface area contributed by atoms with Gasteiger partial charge in [-0.3, -0.25) is 0 Å². The average Bonchev–Trinajstić information content (AvgIpc) is 2.32. The van der Waals surface area contributed by atoms with Crippen molar-refractivity contribution >= 4 is 11.6 Å². The molecule has 1 unspecified atom stereocenters. The number of aliphatic hydroxyl groups is 1. The van der Waals surface area contributed by atoms with Crippen molar-refractivity contribution in [2.24, 2.45) is 0 Å². The van der Waals surface area contributed by atoms with Crippen LogP contribution in [-0.2, 0) is 0 Å². The van der Waals surface area contributed by atoms with Gasteiger partial charge in [0.2, 0.25) is 5.88 Å². The van der Waals surface area contributed by atoms with Crippen LogP contribution in [0.25, 0.3) is 0 Å². The molecule has 0 saturated heterocycles. The summed E-state index contributed by atoms with van der Waals surface area (Å²) in [7, 11) is 0. The number of aliphatic hydroxyl groups excluding tert-OH is 1. The number of hydrogen-bond donors (Lipinski definition) is 1. The molecule has 0 aliphatic rings. The number of benzene rings is 1. The largest absolute Gasteiger partial charge is 0.439 e. The smallest absolute Gasteiger partial charge is 0.219 e. The first-order valence-electron chi connectivity index (χ1n) is 5.22. The van der Waals surface area contributed by atoms with Gasteiger partial charge in [-0.15, -0.1) is 0 Å². The maximum atomic E-state index is 9.45. The predicted molar refractivity (Wildman–Crippen MR) is 66.4 cm³/mol. The van der Waals surface area contributed by atoms with Crippen molar-refractivity contribution in [1.29, 1.82) is 0 Å². The molecule has 4 heteroatoms. The Morgan fingerprint density at radius 3 is 2.59 bits per heavy atom. The Morgan fingerprint density at radius 2 is 1.94 bits per heavy atom. The zero-order valence-corrected chi connectivity index (χ0v) is 10.1. The first-order chi connectivity index (χ1) is 8.15. The highest BCUT2D eigenvalue weighted by Crippen LogP contribution is 2.23. The summed E-state index contributed by atoms with van der Waals surface area (Å²) in [4.78, 5) is 4.07. The molecule has 17 heavy (non-hydrogen) atoms. The van der Waals surface area contributed by atoms with E-state index in [1.807, 2.05) is 0 Å². The van der Waals surface area contributed by atoms with Gasteiger partial charge in [-0.05, 0) is 42.8 Å². The van der Waals surface area contributed by atoms with Crippen molar-refractivity contribution in [1.82, 2.24) is 4.98 Å². The topological polar surface area (TPSA) is 42.4 Å². The van der Waals surface area contributed by atoms with E-state index in [4.69, 9.17) is 16.3 Å². The Hall–Kier alpha value is -1.58. The van der Waals surface area contributed by atoms with Crippen molar-refractivity contribution in [2.75, 3.05) is 0 Å². The van der Waals surface area contributed by atoms with Crippen LogP contribution in [0, 0.1) is 0 Å². The molecule has 1 aromatic heterocycles. The van der Waals surface area contributed by atoms with Gasteiger partial charge in [-0.1, -0.05) is 11.6 Å². The van der Waals surface area contributed by atoms with Gasteiger partial charge in [0, 0.05) is 17.3 Å². The molecule has 0 aliphatic carbocycles. The fourth-order valence-corrected chi connectivity index (χ4v) is 1.49. The van der Waals surface area contributed by atoms with Gasteiger partial charge in [0.1, 0.15) is 5.75 Å². The van der Waals surface area contributed by atoms with E-state index in [2.05, 4.69) is 4.98 Å². The number of ether oxygens (including phenoxy) is 1.